The zero-order chi connectivity index (χ0) is 13.7. The van der Waals surface area contributed by atoms with Gasteiger partial charge in [-0.05, 0) is 28.4 Å². The van der Waals surface area contributed by atoms with Crippen LogP contribution >= 0.6 is 27.3 Å². The largest absolute Gasteiger partial charge is 0.454 e. The summed E-state index contributed by atoms with van der Waals surface area (Å²) in [6, 6.07) is 8.10. The van der Waals surface area contributed by atoms with Crippen LogP contribution in [0.3, 0.4) is 0 Å². The van der Waals surface area contributed by atoms with Crippen molar-refractivity contribution in [1.29, 1.82) is 0 Å². The third kappa shape index (κ3) is 1.72. The van der Waals surface area contributed by atoms with Crippen molar-refractivity contribution in [2.24, 2.45) is 0 Å². The predicted molar refractivity (Wildman–Crippen MR) is 83.2 cm³/mol. The Bertz CT molecular complexity index is 890. The highest BCUT2D eigenvalue weighted by Crippen LogP contribution is 2.34. The first-order valence-corrected chi connectivity index (χ1v) is 7.89. The van der Waals surface area contributed by atoms with Crippen LogP contribution in [-0.4, -0.2) is 14.6 Å². The van der Waals surface area contributed by atoms with Crippen LogP contribution in [0.25, 0.3) is 27.4 Å². The molecule has 4 rings (SSSR count). The van der Waals surface area contributed by atoms with Crippen LogP contribution in [0.5, 0.6) is 0 Å². The second-order valence-electron chi connectivity index (χ2n) is 4.47. The average molecular weight is 348 g/mol. The van der Waals surface area contributed by atoms with Crippen molar-refractivity contribution in [3.63, 3.8) is 0 Å². The van der Waals surface area contributed by atoms with Gasteiger partial charge in [0.25, 0.3) is 0 Å². The van der Waals surface area contributed by atoms with Gasteiger partial charge in [0.1, 0.15) is 11.3 Å². The van der Waals surface area contributed by atoms with E-state index < -0.39 is 0 Å². The standard InChI is InChI=1S/C14H10BrN3OS/c1-2-8-9-5-3-4-6-11(9)19-12(8)10-7-18-14(16-10)20-13(15)17-18/h3-7H,2H2,1H3. The Hall–Kier alpha value is -1.66. The van der Waals surface area contributed by atoms with E-state index in [9.17, 15) is 0 Å². The van der Waals surface area contributed by atoms with Gasteiger partial charge in [-0.2, -0.15) is 0 Å². The van der Waals surface area contributed by atoms with Crippen molar-refractivity contribution < 1.29 is 4.42 Å². The summed E-state index contributed by atoms with van der Waals surface area (Å²) in [6.45, 7) is 2.13. The first kappa shape index (κ1) is 12.1. The molecule has 0 fully saturated rings. The molecule has 0 saturated heterocycles. The molecule has 100 valence electrons. The van der Waals surface area contributed by atoms with Gasteiger partial charge in [-0.1, -0.05) is 36.5 Å². The van der Waals surface area contributed by atoms with Crippen LogP contribution in [-0.2, 0) is 6.42 Å². The molecule has 0 aliphatic heterocycles. The lowest BCUT2D eigenvalue weighted by molar-refractivity contribution is 0.625. The highest BCUT2D eigenvalue weighted by atomic mass is 79.9. The second-order valence-corrected chi connectivity index (χ2v) is 6.70. The first-order valence-electron chi connectivity index (χ1n) is 6.28. The monoisotopic (exact) mass is 347 g/mol. The van der Waals surface area contributed by atoms with E-state index in [1.807, 2.05) is 24.4 Å². The summed E-state index contributed by atoms with van der Waals surface area (Å²) in [4.78, 5) is 5.46. The number of aromatic nitrogens is 3. The molecular formula is C14H10BrN3OS. The van der Waals surface area contributed by atoms with Gasteiger partial charge in [0.05, 0.1) is 6.20 Å². The lowest BCUT2D eigenvalue weighted by atomic mass is 10.1. The Morgan fingerprint density at radius 2 is 2.20 bits per heavy atom. The van der Waals surface area contributed by atoms with Crippen molar-refractivity contribution in [1.82, 2.24) is 14.6 Å². The van der Waals surface area contributed by atoms with E-state index in [2.05, 4.69) is 39.0 Å². The zero-order valence-corrected chi connectivity index (χ0v) is 13.0. The molecule has 0 N–H and O–H groups in total. The Morgan fingerprint density at radius 3 is 3.00 bits per heavy atom. The van der Waals surface area contributed by atoms with Gasteiger partial charge >= 0.3 is 0 Å². The third-order valence-corrected chi connectivity index (χ3v) is 4.66. The Labute approximate surface area is 127 Å². The van der Waals surface area contributed by atoms with Gasteiger partial charge in [-0.15, -0.1) is 5.10 Å². The van der Waals surface area contributed by atoms with Crippen LogP contribution < -0.4 is 0 Å². The minimum atomic E-state index is 0.826. The Morgan fingerprint density at radius 1 is 1.35 bits per heavy atom. The fraction of sp³-hybridized carbons (Fsp3) is 0.143. The molecule has 0 bridgehead atoms. The van der Waals surface area contributed by atoms with E-state index in [0.29, 0.717) is 0 Å². The van der Waals surface area contributed by atoms with Gasteiger partial charge < -0.3 is 4.42 Å². The number of benzene rings is 1. The molecule has 0 saturated carbocycles. The molecule has 20 heavy (non-hydrogen) atoms. The van der Waals surface area contributed by atoms with Gasteiger partial charge in [-0.3, -0.25) is 0 Å². The molecule has 0 atom stereocenters. The summed E-state index contributed by atoms with van der Waals surface area (Å²) in [7, 11) is 0. The third-order valence-electron chi connectivity index (χ3n) is 3.30. The fourth-order valence-corrected chi connectivity index (χ4v) is 3.66. The van der Waals surface area contributed by atoms with Gasteiger partial charge in [0.2, 0.25) is 4.96 Å². The molecule has 0 amide bonds. The predicted octanol–water partition coefficient (Wildman–Crippen LogP) is 4.53. The van der Waals surface area contributed by atoms with Crippen molar-refractivity contribution in [3.8, 4) is 11.5 Å². The number of hydrogen-bond donors (Lipinski definition) is 0. The summed E-state index contributed by atoms with van der Waals surface area (Å²) in [6.07, 6.45) is 2.82. The summed E-state index contributed by atoms with van der Waals surface area (Å²) in [5.41, 5.74) is 2.94. The summed E-state index contributed by atoms with van der Waals surface area (Å²) < 4.78 is 8.59. The van der Waals surface area contributed by atoms with E-state index in [1.54, 1.807) is 4.52 Å². The maximum atomic E-state index is 5.99. The minimum Gasteiger partial charge on any atom is -0.454 e. The molecule has 3 heterocycles. The number of halogens is 1. The van der Waals surface area contributed by atoms with Crippen molar-refractivity contribution in [3.05, 3.63) is 39.9 Å². The molecule has 4 aromatic rings. The molecule has 3 aromatic heterocycles. The highest BCUT2D eigenvalue weighted by molar-refractivity contribution is 9.11. The highest BCUT2D eigenvalue weighted by Gasteiger charge is 2.18. The van der Waals surface area contributed by atoms with Gasteiger partial charge in [0.15, 0.2) is 9.68 Å². The maximum absolute atomic E-state index is 5.99. The van der Waals surface area contributed by atoms with Crippen LogP contribution in [0, 0.1) is 0 Å². The van der Waals surface area contributed by atoms with Crippen molar-refractivity contribution in [2.45, 2.75) is 13.3 Å². The maximum Gasteiger partial charge on any atom is 0.213 e. The summed E-state index contributed by atoms with van der Waals surface area (Å²) >= 11 is 4.87. The molecule has 0 radical (unpaired) electrons. The summed E-state index contributed by atoms with van der Waals surface area (Å²) in [5.74, 6) is 0.850. The number of aryl methyl sites for hydroxylation is 1. The number of furan rings is 1. The SMILES string of the molecule is CCc1c(-c2cn3nc(Br)sc3n2)oc2ccccc12. The van der Waals surface area contributed by atoms with E-state index in [4.69, 9.17) is 4.42 Å². The second kappa shape index (κ2) is 4.43. The van der Waals surface area contributed by atoms with Crippen LogP contribution in [0.2, 0.25) is 0 Å². The quantitative estimate of drug-likeness (QED) is 0.535. The van der Waals surface area contributed by atoms with Crippen LogP contribution in [0.4, 0.5) is 0 Å². The molecular weight excluding hydrogens is 338 g/mol. The minimum absolute atomic E-state index is 0.826. The Kier molecular flexibility index (Phi) is 2.68. The fourth-order valence-electron chi connectivity index (χ4n) is 2.44. The molecule has 6 heteroatoms. The van der Waals surface area contributed by atoms with Crippen molar-refractivity contribution >= 4 is 43.2 Å². The average Bonchev–Trinajstić information content (AvgIpc) is 3.07. The number of imidazole rings is 1. The normalized spacial score (nSPS) is 11.7. The number of hydrogen-bond acceptors (Lipinski definition) is 4. The zero-order valence-electron chi connectivity index (χ0n) is 10.6. The van der Waals surface area contributed by atoms with Crippen molar-refractivity contribution in [2.75, 3.05) is 0 Å². The van der Waals surface area contributed by atoms with E-state index in [-0.39, 0.29) is 0 Å². The lowest BCUT2D eigenvalue weighted by Gasteiger charge is -1.95. The van der Waals surface area contributed by atoms with Crippen LogP contribution in [0.15, 0.2) is 38.8 Å². The summed E-state index contributed by atoms with van der Waals surface area (Å²) in [5, 5.41) is 5.48. The molecule has 4 nitrogen and oxygen atoms in total. The number of fused-ring (bicyclic) bond motifs is 2. The van der Waals surface area contributed by atoms with E-state index >= 15 is 0 Å². The number of rotatable bonds is 2. The first-order chi connectivity index (χ1) is 9.76. The van der Waals surface area contributed by atoms with Crippen LogP contribution in [0.1, 0.15) is 12.5 Å². The number of para-hydroxylation sites is 1. The molecule has 0 unspecified atom stereocenters. The lowest BCUT2D eigenvalue weighted by Crippen LogP contribution is -1.83. The number of nitrogens with zero attached hydrogens (tertiary/aromatic N) is 3. The Balaban J connectivity index is 1.98. The smallest absolute Gasteiger partial charge is 0.213 e. The van der Waals surface area contributed by atoms with E-state index in [0.717, 1.165) is 37.7 Å². The molecule has 1 aromatic carbocycles. The molecule has 0 aliphatic rings. The topological polar surface area (TPSA) is 43.3 Å². The molecule has 0 aliphatic carbocycles. The van der Waals surface area contributed by atoms with Gasteiger partial charge in [-0.25, -0.2) is 9.50 Å². The molecule has 0 spiro atoms. The van der Waals surface area contributed by atoms with E-state index in [1.165, 1.54) is 16.9 Å². The van der Waals surface area contributed by atoms with Gasteiger partial charge in [0, 0.05) is 10.9 Å².